The molecule has 20 heavy (non-hydrogen) atoms. The van der Waals surface area contributed by atoms with Crippen molar-refractivity contribution in [3.05, 3.63) is 0 Å². The molecule has 2 heterocycles. The quantitative estimate of drug-likeness (QED) is 0.799. The van der Waals surface area contributed by atoms with Gasteiger partial charge in [0.15, 0.2) is 9.84 Å². The van der Waals surface area contributed by atoms with Gasteiger partial charge in [-0.1, -0.05) is 0 Å². The number of likely N-dealkylation sites (tertiary alicyclic amines) is 1. The molecule has 0 aromatic carbocycles. The van der Waals surface area contributed by atoms with Crippen molar-refractivity contribution in [1.29, 1.82) is 0 Å². The molecular weight excluding hydrogens is 298 g/mol. The zero-order valence-electron chi connectivity index (χ0n) is 11.7. The van der Waals surface area contributed by atoms with Crippen molar-refractivity contribution in [2.45, 2.75) is 30.9 Å². The minimum absolute atomic E-state index is 0.0852. The van der Waals surface area contributed by atoms with Crippen LogP contribution in [0, 0.1) is 5.92 Å². The molecule has 1 amide bonds. The molecular formula is C13H23NO4S2. The van der Waals surface area contributed by atoms with E-state index in [9.17, 15) is 13.2 Å². The smallest absolute Gasteiger partial charge is 0.232 e. The molecule has 0 bridgehead atoms. The number of sulfone groups is 1. The number of piperidine rings is 1. The molecule has 0 aromatic heterocycles. The van der Waals surface area contributed by atoms with Crippen LogP contribution < -0.4 is 0 Å². The molecule has 0 radical (unpaired) electrons. The van der Waals surface area contributed by atoms with E-state index >= 15 is 0 Å². The predicted octanol–water partition coefficient (Wildman–Crippen LogP) is 0.528. The molecule has 2 aliphatic heterocycles. The van der Waals surface area contributed by atoms with E-state index in [0.717, 1.165) is 32.4 Å². The Morgan fingerprint density at radius 1 is 1.35 bits per heavy atom. The van der Waals surface area contributed by atoms with E-state index in [1.165, 1.54) is 11.8 Å². The minimum atomic E-state index is -2.86. The predicted molar refractivity (Wildman–Crippen MR) is 80.5 cm³/mol. The van der Waals surface area contributed by atoms with Gasteiger partial charge in [0.25, 0.3) is 0 Å². The average Bonchev–Trinajstić information content (AvgIpc) is 2.76. The van der Waals surface area contributed by atoms with Crippen LogP contribution in [-0.4, -0.2) is 66.5 Å². The number of aliphatic hydroxyl groups is 1. The summed E-state index contributed by atoms with van der Waals surface area (Å²) in [7, 11) is -2.86. The Hall–Kier alpha value is -0.270. The van der Waals surface area contributed by atoms with Gasteiger partial charge in [-0.2, -0.15) is 0 Å². The van der Waals surface area contributed by atoms with Crippen molar-refractivity contribution < 1.29 is 18.3 Å². The van der Waals surface area contributed by atoms with Gasteiger partial charge < -0.3 is 10.0 Å². The highest BCUT2D eigenvalue weighted by molar-refractivity contribution is 8.02. The zero-order valence-corrected chi connectivity index (χ0v) is 13.3. The Morgan fingerprint density at radius 3 is 2.80 bits per heavy atom. The molecule has 0 spiro atoms. The normalized spacial score (nSPS) is 29.6. The summed E-state index contributed by atoms with van der Waals surface area (Å²) in [6.45, 7) is 1.72. The van der Waals surface area contributed by atoms with Crippen LogP contribution >= 0.6 is 11.8 Å². The first-order chi connectivity index (χ1) is 9.50. The molecule has 7 heteroatoms. The van der Waals surface area contributed by atoms with Gasteiger partial charge in [0.2, 0.25) is 5.91 Å². The number of hydrogen-bond acceptors (Lipinski definition) is 5. The van der Waals surface area contributed by atoms with Crippen molar-refractivity contribution in [1.82, 2.24) is 4.90 Å². The summed E-state index contributed by atoms with van der Waals surface area (Å²) >= 11 is 1.48. The fourth-order valence-corrected chi connectivity index (χ4v) is 6.43. The number of thioether (sulfide) groups is 1. The fourth-order valence-electron chi connectivity index (χ4n) is 2.88. The number of carbonyl (C=O) groups excluding carboxylic acids is 1. The maximum absolute atomic E-state index is 12.2. The van der Waals surface area contributed by atoms with Crippen LogP contribution in [0.4, 0.5) is 0 Å². The Kier molecular flexibility index (Phi) is 5.74. The summed E-state index contributed by atoms with van der Waals surface area (Å²) in [5.41, 5.74) is 0. The molecule has 0 aliphatic carbocycles. The topological polar surface area (TPSA) is 74.7 Å². The van der Waals surface area contributed by atoms with Gasteiger partial charge >= 0.3 is 0 Å². The molecule has 0 aromatic rings. The lowest BCUT2D eigenvalue weighted by Gasteiger charge is -2.32. The van der Waals surface area contributed by atoms with Gasteiger partial charge in [-0.25, -0.2) is 8.42 Å². The molecule has 116 valence electrons. The first-order valence-corrected chi connectivity index (χ1v) is 10.1. The molecule has 2 unspecified atom stereocenters. The van der Waals surface area contributed by atoms with Gasteiger partial charge in [0.1, 0.15) is 0 Å². The van der Waals surface area contributed by atoms with Crippen LogP contribution in [0.25, 0.3) is 0 Å². The van der Waals surface area contributed by atoms with E-state index in [0.29, 0.717) is 18.1 Å². The third-order valence-electron chi connectivity index (χ3n) is 4.04. The SMILES string of the molecule is O=C(CSC1CCS(=O)(=O)C1)N1CCCC(CCO)C1. The Labute approximate surface area is 125 Å². The van der Waals surface area contributed by atoms with Gasteiger partial charge in [-0.15, -0.1) is 11.8 Å². The van der Waals surface area contributed by atoms with Gasteiger partial charge in [0.05, 0.1) is 17.3 Å². The maximum Gasteiger partial charge on any atom is 0.232 e. The average molecular weight is 321 g/mol. The lowest BCUT2D eigenvalue weighted by atomic mass is 9.95. The van der Waals surface area contributed by atoms with Crippen molar-refractivity contribution in [3.63, 3.8) is 0 Å². The summed E-state index contributed by atoms with van der Waals surface area (Å²) in [4.78, 5) is 14.0. The van der Waals surface area contributed by atoms with E-state index in [1.807, 2.05) is 4.90 Å². The highest BCUT2D eigenvalue weighted by Gasteiger charge is 2.30. The number of amides is 1. The summed E-state index contributed by atoms with van der Waals surface area (Å²) < 4.78 is 22.7. The number of rotatable bonds is 5. The molecule has 5 nitrogen and oxygen atoms in total. The van der Waals surface area contributed by atoms with Crippen LogP contribution in [0.15, 0.2) is 0 Å². The van der Waals surface area contributed by atoms with Crippen molar-refractivity contribution >= 4 is 27.5 Å². The Balaban J connectivity index is 1.74. The lowest BCUT2D eigenvalue weighted by molar-refractivity contribution is -0.130. The maximum atomic E-state index is 12.2. The number of nitrogens with zero attached hydrogens (tertiary/aromatic N) is 1. The molecule has 0 saturated carbocycles. The molecule has 2 atom stereocenters. The number of aliphatic hydroxyl groups excluding tert-OH is 1. The van der Waals surface area contributed by atoms with Crippen molar-refractivity contribution in [2.24, 2.45) is 5.92 Å². The van der Waals surface area contributed by atoms with Crippen LogP contribution in [0.3, 0.4) is 0 Å². The van der Waals surface area contributed by atoms with Crippen molar-refractivity contribution in [2.75, 3.05) is 37.0 Å². The van der Waals surface area contributed by atoms with Crippen molar-refractivity contribution in [3.8, 4) is 0 Å². The molecule has 2 rings (SSSR count). The minimum Gasteiger partial charge on any atom is -0.396 e. The third kappa shape index (κ3) is 4.63. The lowest BCUT2D eigenvalue weighted by Crippen LogP contribution is -2.41. The van der Waals surface area contributed by atoms with Gasteiger partial charge in [-0.3, -0.25) is 4.79 Å². The van der Waals surface area contributed by atoms with Gasteiger partial charge in [0, 0.05) is 24.9 Å². The molecule has 2 saturated heterocycles. The zero-order chi connectivity index (χ0) is 14.6. The highest BCUT2D eigenvalue weighted by atomic mass is 32.2. The first kappa shape index (κ1) is 16.1. The van der Waals surface area contributed by atoms with E-state index < -0.39 is 9.84 Å². The summed E-state index contributed by atoms with van der Waals surface area (Å²) in [5, 5.41) is 9.06. The fraction of sp³-hybridized carbons (Fsp3) is 0.923. The second kappa shape index (κ2) is 7.13. The van der Waals surface area contributed by atoms with E-state index in [-0.39, 0.29) is 29.3 Å². The van der Waals surface area contributed by atoms with Gasteiger partial charge in [-0.05, 0) is 31.6 Å². The highest BCUT2D eigenvalue weighted by Crippen LogP contribution is 2.25. The first-order valence-electron chi connectivity index (χ1n) is 7.21. The monoisotopic (exact) mass is 321 g/mol. The second-order valence-corrected chi connectivity index (χ2v) is 9.21. The third-order valence-corrected chi connectivity index (χ3v) is 7.31. The largest absolute Gasteiger partial charge is 0.396 e. The Bertz CT molecular complexity index is 436. The molecule has 2 fully saturated rings. The summed E-state index contributed by atoms with van der Waals surface area (Å²) in [5.74, 6) is 1.39. The van der Waals surface area contributed by atoms with E-state index in [2.05, 4.69) is 0 Å². The number of carbonyl (C=O) groups is 1. The Morgan fingerprint density at radius 2 is 2.15 bits per heavy atom. The number of hydrogen-bond donors (Lipinski definition) is 1. The standard InChI is InChI=1S/C13H23NO4S2/c15-6-3-11-2-1-5-14(8-11)13(16)9-19-12-4-7-20(17,18)10-12/h11-12,15H,1-10H2. The summed E-state index contributed by atoms with van der Waals surface area (Å²) in [6, 6.07) is 0. The van der Waals surface area contributed by atoms with E-state index in [1.54, 1.807) is 0 Å². The van der Waals surface area contributed by atoms with Crippen LogP contribution in [-0.2, 0) is 14.6 Å². The second-order valence-electron chi connectivity index (χ2n) is 5.70. The molecule has 1 N–H and O–H groups in total. The van der Waals surface area contributed by atoms with Crippen LogP contribution in [0.5, 0.6) is 0 Å². The molecule has 2 aliphatic rings. The van der Waals surface area contributed by atoms with Crippen LogP contribution in [0.1, 0.15) is 25.7 Å². The van der Waals surface area contributed by atoms with Crippen LogP contribution in [0.2, 0.25) is 0 Å². The van der Waals surface area contributed by atoms with E-state index in [4.69, 9.17) is 5.11 Å². The summed E-state index contributed by atoms with van der Waals surface area (Å²) in [6.07, 6.45) is 3.52.